The molecule has 0 saturated heterocycles. The van der Waals surface area contributed by atoms with Gasteiger partial charge >= 0.3 is 5.63 Å². The van der Waals surface area contributed by atoms with Gasteiger partial charge in [0.25, 0.3) is 0 Å². The van der Waals surface area contributed by atoms with Gasteiger partial charge in [-0.3, -0.25) is 4.98 Å². The van der Waals surface area contributed by atoms with E-state index in [1.807, 2.05) is 54.9 Å². The highest BCUT2D eigenvalue weighted by atomic mass is 16.4. The maximum Gasteiger partial charge on any atom is 0.345 e. The summed E-state index contributed by atoms with van der Waals surface area (Å²) in [7, 11) is 0. The number of benzene rings is 1. The molecule has 0 fully saturated rings. The lowest BCUT2D eigenvalue weighted by Crippen LogP contribution is -2.21. The summed E-state index contributed by atoms with van der Waals surface area (Å²) in [5.74, 6) is 0. The van der Waals surface area contributed by atoms with Gasteiger partial charge in [-0.15, -0.1) is 0 Å². The van der Waals surface area contributed by atoms with Crippen molar-refractivity contribution in [2.24, 2.45) is 0 Å². The lowest BCUT2D eigenvalue weighted by atomic mass is 10.1. The molecule has 3 aromatic heterocycles. The van der Waals surface area contributed by atoms with E-state index in [0.29, 0.717) is 22.9 Å². The molecule has 138 valence electrons. The number of nitrogens with zero attached hydrogens (tertiary/aromatic N) is 3. The third kappa shape index (κ3) is 3.36. The SMILES string of the molecule is Cc1cn2cc(-c3cc4ccc(CNC(C)C)cc4oc3=O)nc2c(C)n1. The summed E-state index contributed by atoms with van der Waals surface area (Å²) in [6.07, 6.45) is 3.74. The fourth-order valence-corrected chi connectivity index (χ4v) is 3.20. The van der Waals surface area contributed by atoms with Crippen molar-refractivity contribution in [3.63, 3.8) is 0 Å². The van der Waals surface area contributed by atoms with E-state index in [0.717, 1.165) is 34.5 Å². The van der Waals surface area contributed by atoms with Crippen LogP contribution in [0, 0.1) is 13.8 Å². The average molecular weight is 362 g/mol. The lowest BCUT2D eigenvalue weighted by Gasteiger charge is -2.08. The second-order valence-electron chi connectivity index (χ2n) is 7.18. The van der Waals surface area contributed by atoms with E-state index in [9.17, 15) is 4.79 Å². The van der Waals surface area contributed by atoms with Gasteiger partial charge in [-0.05, 0) is 31.5 Å². The number of hydrogen-bond acceptors (Lipinski definition) is 5. The molecular weight excluding hydrogens is 340 g/mol. The Morgan fingerprint density at radius 1 is 1.15 bits per heavy atom. The Labute approximate surface area is 156 Å². The van der Waals surface area contributed by atoms with Gasteiger partial charge < -0.3 is 14.1 Å². The molecule has 0 aliphatic heterocycles. The van der Waals surface area contributed by atoms with Crippen LogP contribution in [-0.2, 0) is 6.54 Å². The van der Waals surface area contributed by atoms with Crippen LogP contribution in [0.1, 0.15) is 30.8 Å². The molecule has 4 aromatic rings. The van der Waals surface area contributed by atoms with Crippen molar-refractivity contribution in [2.75, 3.05) is 0 Å². The zero-order valence-electron chi connectivity index (χ0n) is 15.9. The van der Waals surface area contributed by atoms with Gasteiger partial charge in [0.1, 0.15) is 5.58 Å². The van der Waals surface area contributed by atoms with Crippen LogP contribution in [0.15, 0.2) is 45.9 Å². The van der Waals surface area contributed by atoms with Crippen molar-refractivity contribution < 1.29 is 4.42 Å². The predicted molar refractivity (Wildman–Crippen MR) is 106 cm³/mol. The molecule has 1 N–H and O–H groups in total. The molecule has 0 saturated carbocycles. The highest BCUT2D eigenvalue weighted by Gasteiger charge is 2.13. The van der Waals surface area contributed by atoms with Gasteiger partial charge in [-0.1, -0.05) is 26.0 Å². The fourth-order valence-electron chi connectivity index (χ4n) is 3.20. The molecule has 3 heterocycles. The number of imidazole rings is 1. The zero-order valence-corrected chi connectivity index (χ0v) is 15.9. The molecule has 0 radical (unpaired) electrons. The summed E-state index contributed by atoms with van der Waals surface area (Å²) in [5.41, 5.74) is 4.79. The third-order valence-corrected chi connectivity index (χ3v) is 4.52. The summed E-state index contributed by atoms with van der Waals surface area (Å²) in [6.45, 7) is 8.77. The first-order valence-electron chi connectivity index (χ1n) is 9.04. The Morgan fingerprint density at radius 2 is 1.96 bits per heavy atom. The number of aromatic nitrogens is 3. The molecular formula is C21H22N4O2. The van der Waals surface area contributed by atoms with Gasteiger partial charge in [0.2, 0.25) is 0 Å². The van der Waals surface area contributed by atoms with E-state index in [4.69, 9.17) is 4.42 Å². The highest BCUT2D eigenvalue weighted by Crippen LogP contribution is 2.23. The van der Waals surface area contributed by atoms with E-state index in [2.05, 4.69) is 29.1 Å². The molecule has 0 atom stereocenters. The van der Waals surface area contributed by atoms with Gasteiger partial charge in [0.05, 0.1) is 22.6 Å². The zero-order chi connectivity index (χ0) is 19.1. The number of rotatable bonds is 4. The van der Waals surface area contributed by atoms with Crippen LogP contribution in [0.25, 0.3) is 27.9 Å². The average Bonchev–Trinajstić information content (AvgIpc) is 3.03. The molecule has 1 aromatic carbocycles. The van der Waals surface area contributed by atoms with Crippen molar-refractivity contribution in [3.05, 3.63) is 64.0 Å². The molecule has 0 unspecified atom stereocenters. The second-order valence-corrected chi connectivity index (χ2v) is 7.18. The molecule has 0 bridgehead atoms. The van der Waals surface area contributed by atoms with E-state index >= 15 is 0 Å². The fraction of sp³-hybridized carbons (Fsp3) is 0.286. The normalized spacial score (nSPS) is 11.7. The van der Waals surface area contributed by atoms with Gasteiger partial charge in [-0.25, -0.2) is 9.78 Å². The van der Waals surface area contributed by atoms with Crippen molar-refractivity contribution >= 4 is 16.6 Å². The molecule has 0 aliphatic carbocycles. The first-order valence-corrected chi connectivity index (χ1v) is 9.04. The number of aryl methyl sites for hydroxylation is 2. The van der Waals surface area contributed by atoms with E-state index in [1.54, 1.807) is 0 Å². The molecule has 0 spiro atoms. The first-order chi connectivity index (χ1) is 12.9. The van der Waals surface area contributed by atoms with Crippen molar-refractivity contribution in [1.29, 1.82) is 0 Å². The highest BCUT2D eigenvalue weighted by molar-refractivity contribution is 5.81. The van der Waals surface area contributed by atoms with Crippen molar-refractivity contribution in [3.8, 4) is 11.3 Å². The van der Waals surface area contributed by atoms with Crippen molar-refractivity contribution in [2.45, 2.75) is 40.3 Å². The quantitative estimate of drug-likeness (QED) is 0.562. The van der Waals surface area contributed by atoms with Crippen LogP contribution in [-0.4, -0.2) is 20.4 Å². The van der Waals surface area contributed by atoms with Gasteiger partial charge in [0.15, 0.2) is 5.65 Å². The molecule has 6 nitrogen and oxygen atoms in total. The maximum atomic E-state index is 12.6. The monoisotopic (exact) mass is 362 g/mol. The minimum Gasteiger partial charge on any atom is -0.422 e. The van der Waals surface area contributed by atoms with Crippen LogP contribution in [0.3, 0.4) is 0 Å². The van der Waals surface area contributed by atoms with Crippen LogP contribution in [0.2, 0.25) is 0 Å². The number of nitrogens with one attached hydrogen (secondary N) is 1. The molecule has 27 heavy (non-hydrogen) atoms. The minimum absolute atomic E-state index is 0.387. The van der Waals surface area contributed by atoms with E-state index in [-0.39, 0.29) is 5.63 Å². The summed E-state index contributed by atoms with van der Waals surface area (Å²) in [5, 5.41) is 4.24. The number of fused-ring (bicyclic) bond motifs is 2. The maximum absolute atomic E-state index is 12.6. The molecule has 4 rings (SSSR count). The molecule has 0 aliphatic rings. The van der Waals surface area contributed by atoms with Gasteiger partial charge in [-0.2, -0.15) is 0 Å². The van der Waals surface area contributed by atoms with Crippen LogP contribution >= 0.6 is 0 Å². The Kier molecular flexibility index (Phi) is 4.28. The molecule has 6 heteroatoms. The van der Waals surface area contributed by atoms with Crippen molar-refractivity contribution in [1.82, 2.24) is 19.7 Å². The van der Waals surface area contributed by atoms with Gasteiger partial charge in [0, 0.05) is 30.4 Å². The Balaban J connectivity index is 1.78. The summed E-state index contributed by atoms with van der Waals surface area (Å²) in [4.78, 5) is 21.6. The second kappa shape index (κ2) is 6.63. The van der Waals surface area contributed by atoms with E-state index in [1.165, 1.54) is 0 Å². The summed E-state index contributed by atoms with van der Waals surface area (Å²) < 4.78 is 7.50. The Morgan fingerprint density at radius 3 is 2.74 bits per heavy atom. The third-order valence-electron chi connectivity index (χ3n) is 4.52. The smallest absolute Gasteiger partial charge is 0.345 e. The lowest BCUT2D eigenvalue weighted by molar-refractivity contribution is 0.560. The van der Waals surface area contributed by atoms with E-state index < -0.39 is 0 Å². The Hall–Kier alpha value is -2.99. The summed E-state index contributed by atoms with van der Waals surface area (Å²) in [6, 6.07) is 8.18. The van der Waals surface area contributed by atoms with Crippen LogP contribution in [0.5, 0.6) is 0 Å². The largest absolute Gasteiger partial charge is 0.422 e. The summed E-state index contributed by atoms with van der Waals surface area (Å²) >= 11 is 0. The minimum atomic E-state index is -0.387. The molecule has 0 amide bonds. The predicted octanol–water partition coefficient (Wildman–Crippen LogP) is 3.62. The first kappa shape index (κ1) is 17.4. The standard InChI is InChI=1S/C21H22N4O2/c1-12(2)22-9-15-5-6-16-8-17(21(26)27-19(16)7-15)18-11-25-10-13(3)23-14(4)20(25)24-18/h5-8,10-12,22H,9H2,1-4H3. The van der Waals surface area contributed by atoms with Crippen LogP contribution < -0.4 is 10.9 Å². The topological polar surface area (TPSA) is 72.4 Å². The van der Waals surface area contributed by atoms with Crippen LogP contribution in [0.4, 0.5) is 0 Å². The Bertz CT molecular complexity index is 1200. The number of hydrogen-bond donors (Lipinski definition) is 1.